The van der Waals surface area contributed by atoms with E-state index in [0.29, 0.717) is 0 Å². The van der Waals surface area contributed by atoms with Gasteiger partial charge in [-0.1, -0.05) is 0 Å². The molecule has 0 aliphatic rings. The highest BCUT2D eigenvalue weighted by Crippen LogP contribution is 2.26. The quantitative estimate of drug-likeness (QED) is 0.587. The summed E-state index contributed by atoms with van der Waals surface area (Å²) in [4.78, 5) is 21.0. The van der Waals surface area contributed by atoms with Crippen LogP contribution in [0.3, 0.4) is 0 Å². The summed E-state index contributed by atoms with van der Waals surface area (Å²) >= 11 is 0. The van der Waals surface area contributed by atoms with Gasteiger partial charge in [-0.3, -0.25) is 9.59 Å². The minimum absolute atomic E-state index is 1.11. The van der Waals surface area contributed by atoms with E-state index < -0.39 is 29.4 Å². The van der Waals surface area contributed by atoms with Gasteiger partial charge in [-0.15, -0.1) is 0 Å². The Balaban J connectivity index is 4.74. The lowest BCUT2D eigenvalue weighted by Crippen LogP contribution is -2.46. The third-order valence-corrected chi connectivity index (χ3v) is 2.49. The number of carbonyl (C=O) groups is 2. The van der Waals surface area contributed by atoms with Gasteiger partial charge >= 0.3 is 11.9 Å². The van der Waals surface area contributed by atoms with Gasteiger partial charge in [0.05, 0.1) is 17.4 Å². The van der Waals surface area contributed by atoms with Crippen LogP contribution in [0.2, 0.25) is 0 Å². The molecule has 0 aliphatic carbocycles. The molecule has 5 nitrogen and oxygen atoms in total. The summed E-state index contributed by atoms with van der Waals surface area (Å²) < 4.78 is 0. The molecule has 5 heteroatoms. The average molecular weight is 190 g/mol. The van der Waals surface area contributed by atoms with Crippen LogP contribution in [0.25, 0.3) is 0 Å². The van der Waals surface area contributed by atoms with Gasteiger partial charge in [0.15, 0.2) is 0 Å². The van der Waals surface area contributed by atoms with Crippen molar-refractivity contribution >= 4 is 11.9 Å². The summed E-state index contributed by atoms with van der Waals surface area (Å²) in [5.74, 6) is -4.65. The molecule has 0 aliphatic heterocycles. The first-order valence-electron chi connectivity index (χ1n) is 3.89. The van der Waals surface area contributed by atoms with E-state index in [-0.39, 0.29) is 0 Å². The van der Waals surface area contributed by atoms with Crippen molar-refractivity contribution in [3.05, 3.63) is 0 Å². The molecule has 0 rings (SSSR count). The average Bonchev–Trinajstić information content (AvgIpc) is 2.01. The number of carboxylic acids is 2. The van der Waals surface area contributed by atoms with Crippen LogP contribution in [0, 0.1) is 11.8 Å². The summed E-state index contributed by atoms with van der Waals surface area (Å²) in [6.07, 6.45) is 0. The Morgan fingerprint density at radius 3 is 1.46 bits per heavy atom. The largest absolute Gasteiger partial charge is 0.481 e. The van der Waals surface area contributed by atoms with Gasteiger partial charge in [-0.2, -0.15) is 0 Å². The first kappa shape index (κ1) is 11.9. The molecule has 0 aromatic rings. The molecular formula is C8H14O5. The van der Waals surface area contributed by atoms with Crippen molar-refractivity contribution in [3.63, 3.8) is 0 Å². The van der Waals surface area contributed by atoms with E-state index in [1.54, 1.807) is 0 Å². The van der Waals surface area contributed by atoms with Gasteiger partial charge in [0.25, 0.3) is 0 Å². The fraction of sp³-hybridized carbons (Fsp3) is 0.750. The molecule has 0 aromatic carbocycles. The van der Waals surface area contributed by atoms with Gasteiger partial charge in [-0.25, -0.2) is 0 Å². The van der Waals surface area contributed by atoms with Gasteiger partial charge in [0, 0.05) is 0 Å². The molecule has 2 atom stereocenters. The maximum Gasteiger partial charge on any atom is 0.309 e. The molecule has 0 fully saturated rings. The molecule has 0 bridgehead atoms. The molecular weight excluding hydrogens is 176 g/mol. The van der Waals surface area contributed by atoms with E-state index in [9.17, 15) is 14.7 Å². The summed E-state index contributed by atoms with van der Waals surface area (Å²) in [6.45, 7) is 3.77. The van der Waals surface area contributed by atoms with Crippen LogP contribution in [0.4, 0.5) is 0 Å². The fourth-order valence-electron chi connectivity index (χ4n) is 0.875. The minimum Gasteiger partial charge on any atom is -0.481 e. The number of hydrogen-bond acceptors (Lipinski definition) is 3. The summed E-state index contributed by atoms with van der Waals surface area (Å²) in [5.41, 5.74) is -1.74. The zero-order chi connectivity index (χ0) is 10.8. The second-order valence-electron chi connectivity index (χ2n) is 3.35. The highest BCUT2D eigenvalue weighted by molar-refractivity contribution is 5.75. The number of carboxylic acid groups (broad SMARTS) is 2. The summed E-state index contributed by atoms with van der Waals surface area (Å²) in [5, 5.41) is 26.8. The topological polar surface area (TPSA) is 94.8 Å². The molecule has 0 aromatic heterocycles. The Kier molecular flexibility index (Phi) is 3.42. The van der Waals surface area contributed by atoms with Crippen LogP contribution in [0.1, 0.15) is 20.8 Å². The Labute approximate surface area is 76.0 Å². The van der Waals surface area contributed by atoms with Crippen molar-refractivity contribution in [1.29, 1.82) is 0 Å². The first-order valence-corrected chi connectivity index (χ1v) is 3.89. The zero-order valence-electron chi connectivity index (χ0n) is 7.81. The normalized spacial score (nSPS) is 16.3. The van der Waals surface area contributed by atoms with E-state index in [1.165, 1.54) is 20.8 Å². The van der Waals surface area contributed by atoms with Crippen LogP contribution in [0.5, 0.6) is 0 Å². The lowest BCUT2D eigenvalue weighted by atomic mass is 9.80. The molecule has 0 unspecified atom stereocenters. The second-order valence-corrected chi connectivity index (χ2v) is 3.35. The molecule has 0 amide bonds. The van der Waals surface area contributed by atoms with Gasteiger partial charge in [0.1, 0.15) is 0 Å². The number of hydrogen-bond donors (Lipinski definition) is 3. The summed E-state index contributed by atoms with van der Waals surface area (Å²) in [7, 11) is 0. The first-order chi connectivity index (χ1) is 5.71. The van der Waals surface area contributed by atoms with Gasteiger partial charge in [0.2, 0.25) is 0 Å². The van der Waals surface area contributed by atoms with E-state index in [4.69, 9.17) is 10.2 Å². The monoisotopic (exact) mass is 190 g/mol. The zero-order valence-corrected chi connectivity index (χ0v) is 7.81. The Morgan fingerprint density at radius 1 is 1.08 bits per heavy atom. The van der Waals surface area contributed by atoms with Crippen molar-refractivity contribution in [3.8, 4) is 0 Å². The number of aliphatic hydroxyl groups is 1. The maximum atomic E-state index is 10.5. The SMILES string of the molecule is C[C@@H](C(=O)O)C(C)(O)[C@@H](C)C(=O)O. The molecule has 0 radical (unpaired) electrons. The predicted molar refractivity (Wildman–Crippen MR) is 44.2 cm³/mol. The molecule has 13 heavy (non-hydrogen) atoms. The van der Waals surface area contributed by atoms with Crippen LogP contribution in [-0.4, -0.2) is 32.9 Å². The molecule has 0 spiro atoms. The van der Waals surface area contributed by atoms with Crippen LogP contribution >= 0.6 is 0 Å². The fourth-order valence-corrected chi connectivity index (χ4v) is 0.875. The summed E-state index contributed by atoms with van der Waals surface area (Å²) in [6, 6.07) is 0. The highest BCUT2D eigenvalue weighted by Gasteiger charge is 2.42. The van der Waals surface area contributed by atoms with Crippen LogP contribution in [-0.2, 0) is 9.59 Å². The lowest BCUT2D eigenvalue weighted by Gasteiger charge is -2.30. The van der Waals surface area contributed by atoms with Gasteiger partial charge in [-0.05, 0) is 20.8 Å². The van der Waals surface area contributed by atoms with Crippen molar-refractivity contribution in [2.24, 2.45) is 11.8 Å². The second kappa shape index (κ2) is 3.74. The Morgan fingerprint density at radius 2 is 1.31 bits per heavy atom. The molecule has 0 saturated heterocycles. The van der Waals surface area contributed by atoms with E-state index in [1.807, 2.05) is 0 Å². The van der Waals surface area contributed by atoms with E-state index in [2.05, 4.69) is 0 Å². The van der Waals surface area contributed by atoms with Crippen molar-refractivity contribution < 1.29 is 24.9 Å². The predicted octanol–water partition coefficient (Wildman–Crippen LogP) is 0.179. The van der Waals surface area contributed by atoms with Gasteiger partial charge < -0.3 is 15.3 Å². The van der Waals surface area contributed by atoms with Crippen molar-refractivity contribution in [2.45, 2.75) is 26.4 Å². The Bertz CT molecular complexity index is 199. The standard InChI is InChI=1S/C8H14O5/c1-4(6(9)10)8(3,13)5(2)7(11)12/h4-5,13H,1-3H3,(H,9,10)(H,11,12)/t4-,5-/m0/s1. The highest BCUT2D eigenvalue weighted by atomic mass is 16.4. The maximum absolute atomic E-state index is 10.5. The molecule has 0 heterocycles. The third kappa shape index (κ3) is 2.42. The molecule has 76 valence electrons. The molecule has 0 saturated carbocycles. The number of aliphatic carboxylic acids is 2. The third-order valence-electron chi connectivity index (χ3n) is 2.49. The van der Waals surface area contributed by atoms with Crippen LogP contribution in [0.15, 0.2) is 0 Å². The minimum atomic E-state index is -1.74. The number of rotatable bonds is 4. The lowest BCUT2D eigenvalue weighted by molar-refractivity contribution is -0.162. The van der Waals surface area contributed by atoms with Crippen LogP contribution < -0.4 is 0 Å². The van der Waals surface area contributed by atoms with E-state index in [0.717, 1.165) is 0 Å². The van der Waals surface area contributed by atoms with Crippen molar-refractivity contribution in [1.82, 2.24) is 0 Å². The van der Waals surface area contributed by atoms with Crippen molar-refractivity contribution in [2.75, 3.05) is 0 Å². The molecule has 3 N–H and O–H groups in total. The van der Waals surface area contributed by atoms with E-state index >= 15 is 0 Å². The smallest absolute Gasteiger partial charge is 0.309 e. The Hall–Kier alpha value is -1.10.